The summed E-state index contributed by atoms with van der Waals surface area (Å²) in [5.74, 6) is -0.159. The van der Waals surface area contributed by atoms with E-state index in [1.807, 2.05) is 60.5 Å². The van der Waals surface area contributed by atoms with Crippen molar-refractivity contribution >= 4 is 5.91 Å². The zero-order chi connectivity index (χ0) is 15.5. The average molecular weight is 296 g/mol. The molecule has 0 radical (unpaired) electrons. The first kappa shape index (κ1) is 14.8. The summed E-state index contributed by atoms with van der Waals surface area (Å²) in [6.07, 6.45) is -0.211. The van der Waals surface area contributed by atoms with Gasteiger partial charge in [0.05, 0.1) is 0 Å². The Bertz CT molecular complexity index is 630. The molecule has 1 aliphatic heterocycles. The molecule has 2 unspecified atom stereocenters. The SMILES string of the molecule is CC1CC(O)N(C(=O)c2ccccc2)N1Cc1ccccc1. The number of benzene rings is 2. The summed E-state index contributed by atoms with van der Waals surface area (Å²) in [6, 6.07) is 19.2. The van der Waals surface area contributed by atoms with Crippen LogP contribution in [0.15, 0.2) is 60.7 Å². The number of aliphatic hydroxyl groups excluding tert-OH is 1. The van der Waals surface area contributed by atoms with Gasteiger partial charge in [-0.05, 0) is 24.6 Å². The van der Waals surface area contributed by atoms with Crippen molar-refractivity contribution in [3.05, 3.63) is 71.8 Å². The van der Waals surface area contributed by atoms with Crippen molar-refractivity contribution in [2.24, 2.45) is 0 Å². The zero-order valence-electron chi connectivity index (χ0n) is 12.6. The number of rotatable bonds is 3. The van der Waals surface area contributed by atoms with Crippen LogP contribution in [0.5, 0.6) is 0 Å². The van der Waals surface area contributed by atoms with E-state index in [4.69, 9.17) is 0 Å². The van der Waals surface area contributed by atoms with E-state index in [2.05, 4.69) is 0 Å². The monoisotopic (exact) mass is 296 g/mol. The summed E-state index contributed by atoms with van der Waals surface area (Å²) in [7, 11) is 0. The molecular weight excluding hydrogens is 276 g/mol. The molecule has 2 aromatic rings. The molecule has 1 heterocycles. The Balaban J connectivity index is 1.85. The molecule has 1 aliphatic rings. The van der Waals surface area contributed by atoms with Crippen LogP contribution in [-0.2, 0) is 6.54 Å². The van der Waals surface area contributed by atoms with Gasteiger partial charge in [0.15, 0.2) is 0 Å². The van der Waals surface area contributed by atoms with Crippen molar-refractivity contribution in [3.8, 4) is 0 Å². The topological polar surface area (TPSA) is 43.8 Å². The van der Waals surface area contributed by atoms with E-state index in [0.717, 1.165) is 5.56 Å². The Labute approximate surface area is 130 Å². The maximum Gasteiger partial charge on any atom is 0.270 e. The van der Waals surface area contributed by atoms with Crippen LogP contribution in [0.25, 0.3) is 0 Å². The van der Waals surface area contributed by atoms with Crippen molar-refractivity contribution in [2.75, 3.05) is 0 Å². The number of hydrogen-bond donors (Lipinski definition) is 1. The Hall–Kier alpha value is -2.17. The Morgan fingerprint density at radius 1 is 1.09 bits per heavy atom. The summed E-state index contributed by atoms with van der Waals surface area (Å²) in [4.78, 5) is 12.7. The average Bonchev–Trinajstić information content (AvgIpc) is 2.82. The predicted molar refractivity (Wildman–Crippen MR) is 84.7 cm³/mol. The molecule has 4 nitrogen and oxygen atoms in total. The summed E-state index contributed by atoms with van der Waals surface area (Å²) in [5.41, 5.74) is 1.71. The molecule has 3 rings (SSSR count). The highest BCUT2D eigenvalue weighted by Crippen LogP contribution is 2.27. The van der Waals surface area contributed by atoms with Gasteiger partial charge in [-0.25, -0.2) is 10.0 Å². The molecule has 1 saturated heterocycles. The molecule has 114 valence electrons. The number of nitrogens with zero attached hydrogens (tertiary/aromatic N) is 2. The fourth-order valence-corrected chi connectivity index (χ4v) is 2.88. The molecule has 1 fully saturated rings. The molecule has 1 amide bonds. The normalized spacial score (nSPS) is 22.0. The largest absolute Gasteiger partial charge is 0.372 e. The van der Waals surface area contributed by atoms with Gasteiger partial charge in [-0.2, -0.15) is 0 Å². The highest BCUT2D eigenvalue weighted by Gasteiger charge is 2.39. The minimum atomic E-state index is -0.772. The quantitative estimate of drug-likeness (QED) is 0.947. The highest BCUT2D eigenvalue weighted by molar-refractivity contribution is 5.94. The van der Waals surface area contributed by atoms with E-state index in [-0.39, 0.29) is 11.9 Å². The van der Waals surface area contributed by atoms with E-state index in [9.17, 15) is 9.90 Å². The van der Waals surface area contributed by atoms with Gasteiger partial charge in [0, 0.05) is 24.6 Å². The second-order valence-electron chi connectivity index (χ2n) is 5.66. The Morgan fingerprint density at radius 3 is 2.32 bits per heavy atom. The molecule has 4 heteroatoms. The maximum atomic E-state index is 12.7. The van der Waals surface area contributed by atoms with Gasteiger partial charge < -0.3 is 5.11 Å². The first-order chi connectivity index (χ1) is 10.7. The lowest BCUT2D eigenvalue weighted by molar-refractivity contribution is -0.0677. The van der Waals surface area contributed by atoms with Crippen LogP contribution in [0.4, 0.5) is 0 Å². The number of aliphatic hydroxyl groups is 1. The summed E-state index contributed by atoms with van der Waals surface area (Å²) < 4.78 is 0. The first-order valence-electron chi connectivity index (χ1n) is 7.54. The van der Waals surface area contributed by atoms with Gasteiger partial charge in [0.2, 0.25) is 0 Å². The van der Waals surface area contributed by atoms with Crippen LogP contribution in [-0.4, -0.2) is 33.3 Å². The molecule has 0 bridgehead atoms. The van der Waals surface area contributed by atoms with Crippen LogP contribution in [0.1, 0.15) is 29.3 Å². The second-order valence-corrected chi connectivity index (χ2v) is 5.66. The fraction of sp³-hybridized carbons (Fsp3) is 0.278. The number of carbonyl (C=O) groups is 1. The maximum absolute atomic E-state index is 12.7. The van der Waals surface area contributed by atoms with Crippen molar-refractivity contribution < 1.29 is 9.90 Å². The first-order valence-corrected chi connectivity index (χ1v) is 7.54. The number of hydrazine groups is 1. The van der Waals surface area contributed by atoms with E-state index in [1.54, 1.807) is 12.1 Å². The fourth-order valence-electron chi connectivity index (χ4n) is 2.88. The van der Waals surface area contributed by atoms with Crippen LogP contribution < -0.4 is 0 Å². The predicted octanol–water partition coefficient (Wildman–Crippen LogP) is 2.66. The van der Waals surface area contributed by atoms with Gasteiger partial charge in [-0.3, -0.25) is 4.79 Å². The molecule has 2 atom stereocenters. The lowest BCUT2D eigenvalue weighted by Crippen LogP contribution is -2.46. The van der Waals surface area contributed by atoms with Crippen LogP contribution in [0.2, 0.25) is 0 Å². The molecule has 0 saturated carbocycles. The van der Waals surface area contributed by atoms with Gasteiger partial charge in [0.25, 0.3) is 5.91 Å². The summed E-state index contributed by atoms with van der Waals surface area (Å²) >= 11 is 0. The highest BCUT2D eigenvalue weighted by atomic mass is 16.3. The zero-order valence-corrected chi connectivity index (χ0v) is 12.6. The minimum absolute atomic E-state index is 0.114. The summed E-state index contributed by atoms with van der Waals surface area (Å²) in [6.45, 7) is 2.64. The number of amides is 1. The van der Waals surface area contributed by atoms with Gasteiger partial charge in [-0.1, -0.05) is 48.5 Å². The van der Waals surface area contributed by atoms with Crippen LogP contribution in [0, 0.1) is 0 Å². The third-order valence-electron chi connectivity index (χ3n) is 4.04. The molecule has 0 aromatic heterocycles. The van der Waals surface area contributed by atoms with E-state index in [1.165, 1.54) is 5.01 Å². The van der Waals surface area contributed by atoms with Gasteiger partial charge in [0.1, 0.15) is 6.23 Å². The second kappa shape index (κ2) is 6.30. The lowest BCUT2D eigenvalue weighted by Gasteiger charge is -2.32. The Kier molecular flexibility index (Phi) is 4.22. The van der Waals surface area contributed by atoms with Crippen LogP contribution in [0.3, 0.4) is 0 Å². The molecule has 2 aromatic carbocycles. The van der Waals surface area contributed by atoms with Crippen molar-refractivity contribution in [2.45, 2.75) is 32.2 Å². The van der Waals surface area contributed by atoms with E-state index < -0.39 is 6.23 Å². The van der Waals surface area contributed by atoms with Crippen molar-refractivity contribution in [3.63, 3.8) is 0 Å². The number of hydrogen-bond acceptors (Lipinski definition) is 3. The van der Waals surface area contributed by atoms with Crippen molar-refractivity contribution in [1.29, 1.82) is 0 Å². The molecule has 0 spiro atoms. The molecular formula is C18H20N2O2. The van der Waals surface area contributed by atoms with Crippen LogP contribution >= 0.6 is 0 Å². The van der Waals surface area contributed by atoms with E-state index >= 15 is 0 Å². The molecule has 1 N–H and O–H groups in total. The van der Waals surface area contributed by atoms with Gasteiger partial charge >= 0.3 is 0 Å². The van der Waals surface area contributed by atoms with Crippen molar-refractivity contribution in [1.82, 2.24) is 10.0 Å². The smallest absolute Gasteiger partial charge is 0.270 e. The summed E-state index contributed by atoms with van der Waals surface area (Å²) in [5, 5.41) is 13.7. The number of carbonyl (C=O) groups excluding carboxylic acids is 1. The standard InChI is InChI=1S/C18H20N2O2/c1-14-12-17(21)20(18(22)16-10-6-3-7-11-16)19(14)13-15-8-4-2-5-9-15/h2-11,14,17,21H,12-13H2,1H3. The molecule has 22 heavy (non-hydrogen) atoms. The van der Waals surface area contributed by atoms with E-state index in [0.29, 0.717) is 18.5 Å². The Morgan fingerprint density at radius 2 is 1.68 bits per heavy atom. The van der Waals surface area contributed by atoms with Gasteiger partial charge in [-0.15, -0.1) is 0 Å². The minimum Gasteiger partial charge on any atom is -0.372 e. The lowest BCUT2D eigenvalue weighted by atomic mass is 10.2. The third-order valence-corrected chi connectivity index (χ3v) is 4.04. The molecule has 0 aliphatic carbocycles. The third kappa shape index (κ3) is 2.89.